The highest BCUT2D eigenvalue weighted by atomic mass is 32.2. The van der Waals surface area contributed by atoms with Crippen LogP contribution in [0.1, 0.15) is 37.0 Å². The van der Waals surface area contributed by atoms with Crippen LogP contribution in [0.4, 0.5) is 0 Å². The van der Waals surface area contributed by atoms with Crippen LogP contribution < -0.4 is 4.74 Å². The summed E-state index contributed by atoms with van der Waals surface area (Å²) in [7, 11) is 0. The molecule has 0 aliphatic carbocycles. The minimum absolute atomic E-state index is 0.138. The smallest absolute Gasteiger partial charge is 0.210 e. The van der Waals surface area contributed by atoms with Crippen molar-refractivity contribution < 1.29 is 4.74 Å². The zero-order valence-corrected chi connectivity index (χ0v) is 16.4. The summed E-state index contributed by atoms with van der Waals surface area (Å²) in [4.78, 5) is 4.63. The number of thioether (sulfide) groups is 1. The number of benzene rings is 1. The Balaban J connectivity index is 1.55. The molecule has 0 saturated carbocycles. The van der Waals surface area contributed by atoms with Gasteiger partial charge in [0.25, 0.3) is 0 Å². The fourth-order valence-electron chi connectivity index (χ4n) is 2.09. The second-order valence-electron chi connectivity index (χ2n) is 6.67. The third kappa shape index (κ3) is 4.79. The first kappa shape index (κ1) is 17.9. The molecule has 6 nitrogen and oxygen atoms in total. The number of aryl methyl sites for hydroxylation is 1. The van der Waals surface area contributed by atoms with E-state index in [1.807, 2.05) is 28.9 Å². The van der Waals surface area contributed by atoms with Gasteiger partial charge in [-0.15, -0.1) is 16.4 Å². The molecule has 0 radical (unpaired) electrons. The molecule has 0 fully saturated rings. The van der Waals surface area contributed by atoms with E-state index in [1.54, 1.807) is 23.1 Å². The predicted molar refractivity (Wildman–Crippen MR) is 100.0 cm³/mol. The molecule has 2 heterocycles. The standard InChI is InChI=1S/C17H21N5OS2/c1-12-5-7-14(8-6-12)23-9-15-18-13(10-24-15)11-25-16-19-20-21-22(16)17(2,3)4/h5-8,10H,9,11H2,1-4H3. The van der Waals surface area contributed by atoms with E-state index in [2.05, 4.69) is 53.6 Å². The highest BCUT2D eigenvalue weighted by Gasteiger charge is 2.20. The molecule has 3 aromatic rings. The summed E-state index contributed by atoms with van der Waals surface area (Å²) in [5, 5.41) is 15.8. The maximum absolute atomic E-state index is 5.78. The zero-order valence-electron chi connectivity index (χ0n) is 14.8. The molecule has 0 spiro atoms. The van der Waals surface area contributed by atoms with Crippen LogP contribution >= 0.6 is 23.1 Å². The highest BCUT2D eigenvalue weighted by molar-refractivity contribution is 7.98. The van der Waals surface area contributed by atoms with Gasteiger partial charge in [-0.1, -0.05) is 29.5 Å². The van der Waals surface area contributed by atoms with Gasteiger partial charge in [0.05, 0.1) is 11.2 Å². The summed E-state index contributed by atoms with van der Waals surface area (Å²) in [6.07, 6.45) is 0. The molecule has 0 amide bonds. The van der Waals surface area contributed by atoms with Crippen molar-refractivity contribution in [1.82, 2.24) is 25.2 Å². The fraction of sp³-hybridized carbons (Fsp3) is 0.412. The van der Waals surface area contributed by atoms with Crippen LogP contribution in [0.5, 0.6) is 5.75 Å². The van der Waals surface area contributed by atoms with Crippen LogP contribution in [0, 0.1) is 6.92 Å². The summed E-state index contributed by atoms with van der Waals surface area (Å²) in [6, 6.07) is 8.04. The van der Waals surface area contributed by atoms with E-state index >= 15 is 0 Å². The number of thiazole rings is 1. The lowest BCUT2D eigenvalue weighted by molar-refractivity contribution is 0.305. The molecule has 132 valence electrons. The third-order valence-electron chi connectivity index (χ3n) is 3.41. The van der Waals surface area contributed by atoms with Gasteiger partial charge in [-0.05, 0) is 50.3 Å². The lowest BCUT2D eigenvalue weighted by Crippen LogP contribution is -2.24. The maximum atomic E-state index is 5.78. The number of aromatic nitrogens is 5. The second-order valence-corrected chi connectivity index (χ2v) is 8.55. The van der Waals surface area contributed by atoms with Gasteiger partial charge in [-0.2, -0.15) is 0 Å². The molecule has 25 heavy (non-hydrogen) atoms. The lowest BCUT2D eigenvalue weighted by atomic mass is 10.1. The van der Waals surface area contributed by atoms with Crippen molar-refractivity contribution in [2.24, 2.45) is 0 Å². The summed E-state index contributed by atoms with van der Waals surface area (Å²) in [6.45, 7) is 8.78. The van der Waals surface area contributed by atoms with Crippen LogP contribution in [-0.4, -0.2) is 25.2 Å². The normalized spacial score (nSPS) is 11.7. The van der Waals surface area contributed by atoms with Gasteiger partial charge in [0.15, 0.2) is 0 Å². The van der Waals surface area contributed by atoms with Crippen molar-refractivity contribution in [2.45, 2.75) is 50.8 Å². The van der Waals surface area contributed by atoms with Crippen LogP contribution in [0.25, 0.3) is 0 Å². The fourth-order valence-corrected chi connectivity index (χ4v) is 3.85. The summed E-state index contributed by atoms with van der Waals surface area (Å²) >= 11 is 3.20. The van der Waals surface area contributed by atoms with Crippen LogP contribution in [0.2, 0.25) is 0 Å². The molecule has 0 aliphatic rings. The molecule has 8 heteroatoms. The van der Waals surface area contributed by atoms with E-state index in [4.69, 9.17) is 4.74 Å². The summed E-state index contributed by atoms with van der Waals surface area (Å²) < 4.78 is 7.62. The Hall–Kier alpha value is -1.93. The van der Waals surface area contributed by atoms with Crippen LogP contribution in [-0.2, 0) is 17.9 Å². The van der Waals surface area contributed by atoms with Gasteiger partial charge in [0.1, 0.15) is 17.4 Å². The minimum atomic E-state index is -0.138. The van der Waals surface area contributed by atoms with Gasteiger partial charge in [0.2, 0.25) is 5.16 Å². The Labute approximate surface area is 155 Å². The van der Waals surface area contributed by atoms with Crippen molar-refractivity contribution in [1.29, 1.82) is 0 Å². The van der Waals surface area contributed by atoms with Gasteiger partial charge in [-0.3, -0.25) is 0 Å². The largest absolute Gasteiger partial charge is 0.486 e. The molecule has 3 rings (SSSR count). The average Bonchev–Trinajstić information content (AvgIpc) is 3.21. The first-order valence-corrected chi connectivity index (χ1v) is 9.83. The topological polar surface area (TPSA) is 65.7 Å². The Morgan fingerprint density at radius 1 is 1.20 bits per heavy atom. The Kier molecular flexibility index (Phi) is 5.39. The quantitative estimate of drug-likeness (QED) is 0.605. The van der Waals surface area contributed by atoms with E-state index in [0.717, 1.165) is 27.4 Å². The molecule has 0 aliphatic heterocycles. The summed E-state index contributed by atoms with van der Waals surface area (Å²) in [5.41, 5.74) is 2.10. The van der Waals surface area contributed by atoms with E-state index in [1.165, 1.54) is 5.56 Å². The van der Waals surface area contributed by atoms with Gasteiger partial charge in [-0.25, -0.2) is 9.67 Å². The molecule has 0 unspecified atom stereocenters. The van der Waals surface area contributed by atoms with Gasteiger partial charge < -0.3 is 4.74 Å². The van der Waals surface area contributed by atoms with E-state index in [0.29, 0.717) is 6.61 Å². The Morgan fingerprint density at radius 3 is 2.68 bits per heavy atom. The predicted octanol–water partition coefficient (Wildman–Crippen LogP) is 4.06. The molecule has 0 bridgehead atoms. The number of hydrogen-bond donors (Lipinski definition) is 0. The number of hydrogen-bond acceptors (Lipinski definition) is 7. The van der Waals surface area contributed by atoms with E-state index < -0.39 is 0 Å². The van der Waals surface area contributed by atoms with Crippen molar-refractivity contribution >= 4 is 23.1 Å². The molecule has 0 N–H and O–H groups in total. The van der Waals surface area contributed by atoms with E-state index in [9.17, 15) is 0 Å². The van der Waals surface area contributed by atoms with Crippen molar-refractivity contribution in [2.75, 3.05) is 0 Å². The Morgan fingerprint density at radius 2 is 1.96 bits per heavy atom. The van der Waals surface area contributed by atoms with Crippen molar-refractivity contribution in [3.05, 3.63) is 45.9 Å². The molecule has 0 saturated heterocycles. The van der Waals surface area contributed by atoms with Crippen molar-refractivity contribution in [3.63, 3.8) is 0 Å². The first-order chi connectivity index (χ1) is 11.9. The number of rotatable bonds is 6. The lowest BCUT2D eigenvalue weighted by Gasteiger charge is -2.19. The number of tetrazole rings is 1. The number of nitrogens with zero attached hydrogens (tertiary/aromatic N) is 5. The zero-order chi connectivity index (χ0) is 17.9. The van der Waals surface area contributed by atoms with Crippen LogP contribution in [0.3, 0.4) is 0 Å². The minimum Gasteiger partial charge on any atom is -0.486 e. The average molecular weight is 376 g/mol. The van der Waals surface area contributed by atoms with Gasteiger partial charge in [0, 0.05) is 11.1 Å². The molecule has 0 atom stereocenters. The SMILES string of the molecule is Cc1ccc(OCc2nc(CSc3nnnn3C(C)(C)C)cs2)cc1. The first-order valence-electron chi connectivity index (χ1n) is 7.96. The molecular weight excluding hydrogens is 354 g/mol. The van der Waals surface area contributed by atoms with E-state index in [-0.39, 0.29) is 5.54 Å². The number of ether oxygens (including phenoxy) is 1. The third-order valence-corrected chi connectivity index (χ3v) is 5.23. The molecular formula is C17H21N5OS2. The molecule has 1 aromatic carbocycles. The Bertz CT molecular complexity index is 820. The molecule has 2 aromatic heterocycles. The summed E-state index contributed by atoms with van der Waals surface area (Å²) in [5.74, 6) is 1.60. The highest BCUT2D eigenvalue weighted by Crippen LogP contribution is 2.25. The van der Waals surface area contributed by atoms with Crippen LogP contribution in [0.15, 0.2) is 34.8 Å². The second kappa shape index (κ2) is 7.53. The van der Waals surface area contributed by atoms with Crippen molar-refractivity contribution in [3.8, 4) is 5.75 Å². The monoisotopic (exact) mass is 375 g/mol. The van der Waals surface area contributed by atoms with Gasteiger partial charge >= 0.3 is 0 Å². The maximum Gasteiger partial charge on any atom is 0.210 e.